The number of nitrogen functional groups attached to an aromatic ring is 1. The zero-order chi connectivity index (χ0) is 18.1. The molecule has 0 radical (unpaired) electrons. The molecule has 2 unspecified atom stereocenters. The van der Waals surface area contributed by atoms with Gasteiger partial charge in [-0.15, -0.1) is 0 Å². The fourth-order valence-electron chi connectivity index (χ4n) is 4.03. The molecule has 0 bridgehead atoms. The number of aromatic nitrogens is 2. The summed E-state index contributed by atoms with van der Waals surface area (Å²) in [5.74, 6) is 2.60. The van der Waals surface area contributed by atoms with Gasteiger partial charge in [0, 0.05) is 26.2 Å². The molecule has 25 heavy (non-hydrogen) atoms. The van der Waals surface area contributed by atoms with Crippen LogP contribution in [0.1, 0.15) is 40.0 Å². The van der Waals surface area contributed by atoms with E-state index >= 15 is 0 Å². The summed E-state index contributed by atoms with van der Waals surface area (Å²) in [4.78, 5) is 24.1. The van der Waals surface area contributed by atoms with Crippen molar-refractivity contribution in [2.45, 2.75) is 40.0 Å². The Hall–Kier alpha value is -2.12. The molecule has 0 aliphatic carbocycles. The number of nitrogens with two attached hydrogens (primary N) is 1. The summed E-state index contributed by atoms with van der Waals surface area (Å²) in [6.07, 6.45) is 3.19. The predicted molar refractivity (Wildman–Crippen MR) is 98.9 cm³/mol. The maximum Gasteiger partial charge on any atom is 0.353 e. The van der Waals surface area contributed by atoms with E-state index in [-0.39, 0.29) is 11.5 Å². The van der Waals surface area contributed by atoms with Crippen LogP contribution in [-0.4, -0.2) is 41.1 Å². The largest absolute Gasteiger partial charge is 0.378 e. The van der Waals surface area contributed by atoms with Crippen molar-refractivity contribution in [1.82, 2.24) is 9.97 Å². The third-order valence-electron chi connectivity index (χ3n) is 5.30. The third-order valence-corrected chi connectivity index (χ3v) is 5.30. The van der Waals surface area contributed by atoms with Crippen LogP contribution < -0.4 is 15.5 Å². The lowest BCUT2D eigenvalue weighted by molar-refractivity contribution is -0.383. The van der Waals surface area contributed by atoms with Crippen molar-refractivity contribution < 1.29 is 4.92 Å². The summed E-state index contributed by atoms with van der Waals surface area (Å²) >= 11 is 0. The molecule has 1 aromatic heterocycles. The van der Waals surface area contributed by atoms with E-state index in [4.69, 9.17) is 5.73 Å². The summed E-state index contributed by atoms with van der Waals surface area (Å²) in [7, 11) is 0. The Morgan fingerprint density at radius 2 is 1.64 bits per heavy atom. The monoisotopic (exact) mass is 348 g/mol. The average molecular weight is 348 g/mol. The van der Waals surface area contributed by atoms with Gasteiger partial charge in [-0.3, -0.25) is 10.1 Å². The predicted octanol–water partition coefficient (Wildman–Crippen LogP) is 2.69. The van der Waals surface area contributed by atoms with Crippen LogP contribution in [0, 0.1) is 27.9 Å². The third kappa shape index (κ3) is 3.77. The second kappa shape index (κ2) is 7.01. The summed E-state index contributed by atoms with van der Waals surface area (Å²) in [5.41, 5.74) is 5.83. The molecule has 0 saturated carbocycles. The molecule has 2 aliphatic heterocycles. The fourth-order valence-corrected chi connectivity index (χ4v) is 4.03. The summed E-state index contributed by atoms with van der Waals surface area (Å²) in [6.45, 7) is 9.89. The quantitative estimate of drug-likeness (QED) is 0.662. The lowest BCUT2D eigenvalue weighted by Gasteiger charge is -2.36. The van der Waals surface area contributed by atoms with E-state index in [9.17, 15) is 10.1 Å². The zero-order valence-electron chi connectivity index (χ0n) is 15.3. The normalized spacial score (nSPS) is 25.2. The van der Waals surface area contributed by atoms with Crippen LogP contribution in [0.15, 0.2) is 0 Å². The number of nitrogens with zero attached hydrogens (tertiary/aromatic N) is 5. The SMILES string of the molecule is CC1CCN(c2nc(N3CC(C)CC(C)C3)nc(N)c2[N+](=O)[O-])CC1. The van der Waals surface area contributed by atoms with Gasteiger partial charge in [0.15, 0.2) is 0 Å². The Bertz CT molecular complexity index is 634. The second-order valence-electron chi connectivity index (χ2n) is 7.86. The molecule has 2 aliphatic rings. The molecule has 1 aromatic rings. The topological polar surface area (TPSA) is 101 Å². The van der Waals surface area contributed by atoms with Crippen LogP contribution in [0.25, 0.3) is 0 Å². The fraction of sp³-hybridized carbons (Fsp3) is 0.765. The summed E-state index contributed by atoms with van der Waals surface area (Å²) < 4.78 is 0. The minimum Gasteiger partial charge on any atom is -0.378 e. The highest BCUT2D eigenvalue weighted by molar-refractivity contribution is 5.71. The smallest absolute Gasteiger partial charge is 0.353 e. The molecular weight excluding hydrogens is 320 g/mol. The minimum absolute atomic E-state index is 0.0329. The maximum atomic E-state index is 11.5. The summed E-state index contributed by atoms with van der Waals surface area (Å²) in [6, 6.07) is 0. The van der Waals surface area contributed by atoms with Gasteiger partial charge < -0.3 is 15.5 Å². The molecule has 2 atom stereocenters. The van der Waals surface area contributed by atoms with Crippen LogP contribution in [0.5, 0.6) is 0 Å². The lowest BCUT2D eigenvalue weighted by Crippen LogP contribution is -2.40. The van der Waals surface area contributed by atoms with E-state index in [0.717, 1.165) is 39.0 Å². The van der Waals surface area contributed by atoms with E-state index in [1.54, 1.807) is 0 Å². The highest BCUT2D eigenvalue weighted by Gasteiger charge is 2.32. The van der Waals surface area contributed by atoms with Gasteiger partial charge in [0.2, 0.25) is 17.6 Å². The summed E-state index contributed by atoms with van der Waals surface area (Å²) in [5, 5.41) is 11.5. The van der Waals surface area contributed by atoms with Gasteiger partial charge in [-0.2, -0.15) is 9.97 Å². The van der Waals surface area contributed by atoms with Gasteiger partial charge in [-0.05, 0) is 37.0 Å². The van der Waals surface area contributed by atoms with Crippen LogP contribution in [0.2, 0.25) is 0 Å². The molecule has 0 aromatic carbocycles. The van der Waals surface area contributed by atoms with E-state index in [1.807, 2.05) is 4.90 Å². The molecule has 8 nitrogen and oxygen atoms in total. The van der Waals surface area contributed by atoms with E-state index in [1.165, 1.54) is 6.42 Å². The van der Waals surface area contributed by atoms with Crippen molar-refractivity contribution in [2.75, 3.05) is 41.7 Å². The van der Waals surface area contributed by atoms with Crippen molar-refractivity contribution >= 4 is 23.3 Å². The van der Waals surface area contributed by atoms with E-state index in [2.05, 4.69) is 35.6 Å². The molecule has 138 valence electrons. The van der Waals surface area contributed by atoms with E-state index < -0.39 is 4.92 Å². The number of hydrogen-bond acceptors (Lipinski definition) is 7. The van der Waals surface area contributed by atoms with Crippen molar-refractivity contribution in [3.63, 3.8) is 0 Å². The van der Waals surface area contributed by atoms with Crippen LogP contribution in [0.3, 0.4) is 0 Å². The molecule has 3 rings (SSSR count). The molecule has 2 N–H and O–H groups in total. The van der Waals surface area contributed by atoms with Crippen molar-refractivity contribution in [3.05, 3.63) is 10.1 Å². The van der Waals surface area contributed by atoms with Gasteiger partial charge in [0.05, 0.1) is 4.92 Å². The molecule has 3 heterocycles. The first-order valence-corrected chi connectivity index (χ1v) is 9.17. The molecule has 0 spiro atoms. The van der Waals surface area contributed by atoms with Gasteiger partial charge in [0.1, 0.15) is 0 Å². The van der Waals surface area contributed by atoms with Crippen LogP contribution in [-0.2, 0) is 0 Å². The Morgan fingerprint density at radius 3 is 2.20 bits per heavy atom. The number of rotatable bonds is 3. The number of anilines is 3. The number of hydrogen-bond donors (Lipinski definition) is 1. The average Bonchev–Trinajstić information content (AvgIpc) is 2.53. The molecule has 8 heteroatoms. The second-order valence-corrected chi connectivity index (χ2v) is 7.86. The van der Waals surface area contributed by atoms with Gasteiger partial charge in [0.25, 0.3) is 0 Å². The highest BCUT2D eigenvalue weighted by atomic mass is 16.6. The van der Waals surface area contributed by atoms with Crippen molar-refractivity contribution in [2.24, 2.45) is 17.8 Å². The van der Waals surface area contributed by atoms with Crippen molar-refractivity contribution in [3.8, 4) is 0 Å². The van der Waals surface area contributed by atoms with E-state index in [0.29, 0.717) is 29.5 Å². The van der Waals surface area contributed by atoms with Gasteiger partial charge in [-0.1, -0.05) is 20.8 Å². The Labute approximate surface area is 148 Å². The number of nitro groups is 1. The van der Waals surface area contributed by atoms with Crippen LogP contribution >= 0.6 is 0 Å². The minimum atomic E-state index is -0.450. The Balaban J connectivity index is 1.97. The Kier molecular flexibility index (Phi) is 4.96. The van der Waals surface area contributed by atoms with Gasteiger partial charge >= 0.3 is 5.69 Å². The lowest BCUT2D eigenvalue weighted by atomic mass is 9.92. The standard InChI is InChI=1S/C17H28N6O2/c1-11-4-6-21(7-5-11)16-14(23(24)25)15(18)19-17(20-16)22-9-12(2)8-13(3)10-22/h11-13H,4-10H2,1-3H3,(H2,18,19,20). The first-order chi connectivity index (χ1) is 11.8. The van der Waals surface area contributed by atoms with Gasteiger partial charge in [-0.25, -0.2) is 0 Å². The zero-order valence-corrected chi connectivity index (χ0v) is 15.3. The first kappa shape index (κ1) is 17.7. The maximum absolute atomic E-state index is 11.5. The molecular formula is C17H28N6O2. The highest BCUT2D eigenvalue weighted by Crippen LogP contribution is 2.36. The number of piperidine rings is 2. The first-order valence-electron chi connectivity index (χ1n) is 9.17. The molecule has 2 fully saturated rings. The van der Waals surface area contributed by atoms with Crippen molar-refractivity contribution in [1.29, 1.82) is 0 Å². The Morgan fingerprint density at radius 1 is 1.04 bits per heavy atom. The molecule has 0 amide bonds. The molecule has 2 saturated heterocycles. The van der Waals surface area contributed by atoms with Crippen LogP contribution in [0.4, 0.5) is 23.3 Å².